The molecule has 0 saturated carbocycles. The summed E-state index contributed by atoms with van der Waals surface area (Å²) in [7, 11) is 0. The van der Waals surface area contributed by atoms with E-state index >= 15 is 0 Å². The van der Waals surface area contributed by atoms with Gasteiger partial charge >= 0.3 is 0 Å². The second-order valence-electron chi connectivity index (χ2n) is 2.85. The molecule has 1 heterocycles. The molecule has 0 N–H and O–H groups in total. The van der Waals surface area contributed by atoms with Gasteiger partial charge in [0.15, 0.2) is 0 Å². The summed E-state index contributed by atoms with van der Waals surface area (Å²) in [6, 6.07) is 0. The molecular weight excluding hydrogens is 136 g/mol. The molecule has 0 aliphatic carbocycles. The largest absolute Gasteiger partial charge is 0.333 e. The Morgan fingerprint density at radius 1 is 1.09 bits per heavy atom. The Balaban J connectivity index is 2.56. The molecule has 1 aliphatic rings. The van der Waals surface area contributed by atoms with E-state index in [1.165, 1.54) is 0 Å². The minimum absolute atomic E-state index is 0.852. The third-order valence-corrected chi connectivity index (χ3v) is 1.71. The van der Waals surface area contributed by atoms with Crippen LogP contribution in [-0.4, -0.2) is 16.5 Å². The van der Waals surface area contributed by atoms with Crippen molar-refractivity contribution >= 4 is 0 Å². The second kappa shape index (κ2) is 2.82. The van der Waals surface area contributed by atoms with Gasteiger partial charge in [0, 0.05) is 23.8 Å². The van der Waals surface area contributed by atoms with E-state index in [1.54, 1.807) is 0 Å². The molecule has 0 unspecified atom stereocenters. The van der Waals surface area contributed by atoms with Crippen LogP contribution in [-0.2, 0) is 0 Å². The van der Waals surface area contributed by atoms with Crippen LogP contribution in [0.4, 0.5) is 0 Å². The Morgan fingerprint density at radius 3 is 1.64 bits per heavy atom. The zero-order chi connectivity index (χ0) is 8.43. The molecule has 0 aromatic carbocycles. The van der Waals surface area contributed by atoms with Crippen LogP contribution >= 0.6 is 0 Å². The molecule has 60 valence electrons. The van der Waals surface area contributed by atoms with Crippen LogP contribution in [0, 0.1) is 0 Å². The Labute approximate surface area is 68.1 Å². The van der Waals surface area contributed by atoms with E-state index in [0.717, 1.165) is 18.1 Å². The van der Waals surface area contributed by atoms with Crippen molar-refractivity contribution in [2.75, 3.05) is 6.67 Å². The van der Waals surface area contributed by atoms with Gasteiger partial charge in [0.2, 0.25) is 0 Å². The third-order valence-electron chi connectivity index (χ3n) is 1.71. The van der Waals surface area contributed by atoms with Gasteiger partial charge in [-0.15, -0.1) is 0 Å². The van der Waals surface area contributed by atoms with E-state index in [4.69, 9.17) is 0 Å². The third kappa shape index (κ3) is 1.64. The molecule has 0 fully saturated rings. The molecule has 0 saturated heterocycles. The molecular formula is C9H14N2. The first-order valence-electron chi connectivity index (χ1n) is 3.64. The monoisotopic (exact) mass is 150 g/mol. The fourth-order valence-corrected chi connectivity index (χ4v) is 0.915. The lowest BCUT2D eigenvalue weighted by Crippen LogP contribution is -2.21. The van der Waals surface area contributed by atoms with Gasteiger partial charge in [-0.25, -0.2) is 0 Å². The number of allylic oxidation sites excluding steroid dienone is 2. The zero-order valence-corrected chi connectivity index (χ0v) is 7.17. The smallest absolute Gasteiger partial charge is 0.0982 e. The lowest BCUT2D eigenvalue weighted by molar-refractivity contribution is 0.354. The standard InChI is InChI=1S/C9H14N2/c1-8(2)10-5-6-11(7-10)9(3)4/h5-6H,1,3,7H2,2,4H3. The number of hydrogen-bond donors (Lipinski definition) is 0. The van der Waals surface area contributed by atoms with Crippen LogP contribution in [0.3, 0.4) is 0 Å². The van der Waals surface area contributed by atoms with Gasteiger partial charge in [0.25, 0.3) is 0 Å². The van der Waals surface area contributed by atoms with Crippen molar-refractivity contribution in [3.63, 3.8) is 0 Å². The maximum absolute atomic E-state index is 3.85. The van der Waals surface area contributed by atoms with Crippen LogP contribution in [0.25, 0.3) is 0 Å². The van der Waals surface area contributed by atoms with Gasteiger partial charge in [-0.2, -0.15) is 0 Å². The van der Waals surface area contributed by atoms with Crippen molar-refractivity contribution in [3.05, 3.63) is 37.0 Å². The van der Waals surface area contributed by atoms with Gasteiger partial charge in [-0.1, -0.05) is 13.2 Å². The molecule has 0 aromatic rings. The first kappa shape index (κ1) is 7.92. The lowest BCUT2D eigenvalue weighted by atomic mass is 10.5. The predicted molar refractivity (Wildman–Crippen MR) is 47.3 cm³/mol. The van der Waals surface area contributed by atoms with E-state index in [9.17, 15) is 0 Å². The topological polar surface area (TPSA) is 6.48 Å². The van der Waals surface area contributed by atoms with Crippen LogP contribution in [0.1, 0.15) is 13.8 Å². The summed E-state index contributed by atoms with van der Waals surface area (Å²) in [5.74, 6) is 0. The van der Waals surface area contributed by atoms with Crippen molar-refractivity contribution in [2.24, 2.45) is 0 Å². The first-order chi connectivity index (χ1) is 5.11. The normalized spacial score (nSPS) is 15.8. The molecule has 0 radical (unpaired) electrons. The molecule has 0 atom stereocenters. The average molecular weight is 150 g/mol. The van der Waals surface area contributed by atoms with E-state index in [1.807, 2.05) is 26.2 Å². The van der Waals surface area contributed by atoms with Gasteiger partial charge in [-0.05, 0) is 13.8 Å². The Hall–Kier alpha value is -1.18. The Bertz CT molecular complexity index is 194. The summed E-state index contributed by atoms with van der Waals surface area (Å²) in [6.45, 7) is 12.5. The van der Waals surface area contributed by atoms with Gasteiger partial charge < -0.3 is 9.80 Å². The van der Waals surface area contributed by atoms with Crippen molar-refractivity contribution in [2.45, 2.75) is 13.8 Å². The van der Waals surface area contributed by atoms with Gasteiger partial charge in [-0.3, -0.25) is 0 Å². The van der Waals surface area contributed by atoms with Crippen LogP contribution in [0.15, 0.2) is 37.0 Å². The minimum Gasteiger partial charge on any atom is -0.333 e. The SMILES string of the molecule is C=C(C)N1C=CN(C(=C)C)C1. The Morgan fingerprint density at radius 2 is 1.45 bits per heavy atom. The maximum Gasteiger partial charge on any atom is 0.0982 e. The molecule has 2 nitrogen and oxygen atoms in total. The molecule has 11 heavy (non-hydrogen) atoms. The minimum atomic E-state index is 0.852. The molecule has 0 spiro atoms. The van der Waals surface area contributed by atoms with E-state index in [-0.39, 0.29) is 0 Å². The highest BCUT2D eigenvalue weighted by molar-refractivity contribution is 5.07. The maximum atomic E-state index is 3.85. The molecule has 1 rings (SSSR count). The lowest BCUT2D eigenvalue weighted by Gasteiger charge is -2.20. The number of hydrogen-bond acceptors (Lipinski definition) is 2. The molecule has 0 bridgehead atoms. The first-order valence-corrected chi connectivity index (χ1v) is 3.64. The van der Waals surface area contributed by atoms with Crippen molar-refractivity contribution < 1.29 is 0 Å². The quantitative estimate of drug-likeness (QED) is 0.594. The van der Waals surface area contributed by atoms with Crippen LogP contribution in [0.5, 0.6) is 0 Å². The van der Waals surface area contributed by atoms with E-state index in [0.29, 0.717) is 0 Å². The van der Waals surface area contributed by atoms with Crippen LogP contribution < -0.4 is 0 Å². The fourth-order valence-electron chi connectivity index (χ4n) is 0.915. The molecule has 0 amide bonds. The molecule has 1 aliphatic heterocycles. The summed E-state index contributed by atoms with van der Waals surface area (Å²) in [6.07, 6.45) is 4.02. The summed E-state index contributed by atoms with van der Waals surface area (Å²) in [4.78, 5) is 4.16. The highest BCUT2D eigenvalue weighted by Gasteiger charge is 2.11. The number of rotatable bonds is 2. The summed E-state index contributed by atoms with van der Waals surface area (Å²) in [5, 5.41) is 0. The number of nitrogens with zero attached hydrogens (tertiary/aromatic N) is 2. The summed E-state index contributed by atoms with van der Waals surface area (Å²) in [5.41, 5.74) is 2.12. The predicted octanol–water partition coefficient (Wildman–Crippen LogP) is 2.10. The average Bonchev–Trinajstić information content (AvgIpc) is 2.33. The zero-order valence-electron chi connectivity index (χ0n) is 7.17. The van der Waals surface area contributed by atoms with Crippen molar-refractivity contribution in [1.29, 1.82) is 0 Å². The highest BCUT2D eigenvalue weighted by Crippen LogP contribution is 2.14. The van der Waals surface area contributed by atoms with Gasteiger partial charge in [0.05, 0.1) is 6.67 Å². The highest BCUT2D eigenvalue weighted by atomic mass is 15.3. The van der Waals surface area contributed by atoms with Crippen molar-refractivity contribution in [3.8, 4) is 0 Å². The summed E-state index contributed by atoms with van der Waals surface area (Å²) >= 11 is 0. The summed E-state index contributed by atoms with van der Waals surface area (Å²) < 4.78 is 0. The molecule has 2 heteroatoms. The Kier molecular flexibility index (Phi) is 2.03. The van der Waals surface area contributed by atoms with Crippen LogP contribution in [0.2, 0.25) is 0 Å². The second-order valence-corrected chi connectivity index (χ2v) is 2.85. The van der Waals surface area contributed by atoms with E-state index < -0.39 is 0 Å². The van der Waals surface area contributed by atoms with Crippen molar-refractivity contribution in [1.82, 2.24) is 9.80 Å². The van der Waals surface area contributed by atoms with Gasteiger partial charge in [0.1, 0.15) is 0 Å². The molecule has 0 aromatic heterocycles. The fraction of sp³-hybridized carbons (Fsp3) is 0.333. The van der Waals surface area contributed by atoms with E-state index in [2.05, 4.69) is 23.0 Å².